The molecule has 10 heteroatoms. The molecule has 2 fully saturated rings. The number of anilines is 3. The van der Waals surface area contributed by atoms with E-state index < -0.39 is 5.92 Å². The van der Waals surface area contributed by atoms with Gasteiger partial charge in [0.15, 0.2) is 0 Å². The lowest BCUT2D eigenvalue weighted by Crippen LogP contribution is -2.28. The molecule has 0 amide bonds. The monoisotopic (exact) mass is 507 g/mol. The Morgan fingerprint density at radius 3 is 2.69 bits per heavy atom. The number of hydrogen-bond acceptors (Lipinski definition) is 8. The number of hydrogen-bond donors (Lipinski definition) is 1. The molecule has 6 rings (SSSR count). The molecule has 6 heterocycles. The van der Waals surface area contributed by atoms with Crippen molar-refractivity contribution in [2.24, 2.45) is 0 Å². The van der Waals surface area contributed by atoms with Gasteiger partial charge in [0.05, 0.1) is 28.1 Å². The minimum absolute atomic E-state index is 0.117. The Labute approximate surface area is 212 Å². The number of likely N-dealkylation sites (tertiary alicyclic amines) is 1. The van der Waals surface area contributed by atoms with Gasteiger partial charge in [0, 0.05) is 38.0 Å². The third kappa shape index (κ3) is 4.75. The molecule has 0 atom stereocenters. The summed E-state index contributed by atoms with van der Waals surface area (Å²) in [6.45, 7) is 4.78. The van der Waals surface area contributed by atoms with Crippen LogP contribution < -0.4 is 10.2 Å². The van der Waals surface area contributed by atoms with Gasteiger partial charge in [0.2, 0.25) is 0 Å². The van der Waals surface area contributed by atoms with Gasteiger partial charge >= 0.3 is 0 Å². The Morgan fingerprint density at radius 2 is 1.92 bits per heavy atom. The van der Waals surface area contributed by atoms with Gasteiger partial charge in [-0.05, 0) is 56.6 Å². The van der Waals surface area contributed by atoms with Crippen LogP contribution in [0.4, 0.5) is 26.1 Å². The molecule has 0 bridgehead atoms. The number of thiazole rings is 1. The molecular formula is C26H27F2N7S. The Balaban J connectivity index is 1.27. The molecule has 0 aromatic carbocycles. The van der Waals surface area contributed by atoms with E-state index in [1.807, 2.05) is 43.5 Å². The van der Waals surface area contributed by atoms with Crippen LogP contribution in [0.5, 0.6) is 0 Å². The van der Waals surface area contributed by atoms with E-state index in [0.717, 1.165) is 63.8 Å². The Morgan fingerprint density at radius 1 is 1.06 bits per heavy atom. The maximum atomic E-state index is 13.9. The van der Waals surface area contributed by atoms with Crippen molar-refractivity contribution in [3.8, 4) is 10.7 Å². The van der Waals surface area contributed by atoms with Crippen LogP contribution in [-0.2, 0) is 6.54 Å². The molecule has 0 radical (unpaired) electrons. The summed E-state index contributed by atoms with van der Waals surface area (Å²) in [5.41, 5.74) is 4.41. The smallest absolute Gasteiger partial charge is 0.266 e. The van der Waals surface area contributed by atoms with E-state index in [1.165, 1.54) is 0 Å². The molecule has 7 nitrogen and oxygen atoms in total. The Bertz CT molecular complexity index is 1400. The molecular weight excluding hydrogens is 480 g/mol. The van der Waals surface area contributed by atoms with Crippen molar-refractivity contribution < 1.29 is 8.78 Å². The Kier molecular flexibility index (Phi) is 6.00. The molecule has 0 aliphatic carbocycles. The lowest BCUT2D eigenvalue weighted by Gasteiger charge is -2.24. The van der Waals surface area contributed by atoms with E-state index in [1.54, 1.807) is 22.4 Å². The summed E-state index contributed by atoms with van der Waals surface area (Å²) in [7, 11) is 0. The molecule has 0 unspecified atom stereocenters. The number of aromatic nitrogens is 4. The van der Waals surface area contributed by atoms with Crippen LogP contribution in [0, 0.1) is 6.92 Å². The molecule has 0 spiro atoms. The second-order valence-electron chi connectivity index (χ2n) is 9.52. The van der Waals surface area contributed by atoms with Gasteiger partial charge in [-0.2, -0.15) is 0 Å². The highest BCUT2D eigenvalue weighted by molar-refractivity contribution is 7.21. The standard InChI is InChI=1S/C26H27F2N7S/c1-17-5-4-9-29-24(17)25-32-18-13-23(30-14-21(18)36-25)33-22-7-6-20(35-12-8-26(27,28)16-35)19(31-22)15-34-10-2-3-11-34/h4-7,9,13-14H,2-3,8,10-12,15-16H2,1H3,(H,30,31,33). The minimum Gasteiger partial charge on any atom is -0.364 e. The number of nitrogens with one attached hydrogen (secondary N) is 1. The number of alkyl halides is 2. The van der Waals surface area contributed by atoms with Crippen LogP contribution in [0.1, 0.15) is 30.5 Å². The fourth-order valence-electron chi connectivity index (χ4n) is 4.91. The van der Waals surface area contributed by atoms with Crippen LogP contribution in [0.25, 0.3) is 20.9 Å². The van der Waals surface area contributed by atoms with Crippen LogP contribution in [-0.4, -0.2) is 56.9 Å². The third-order valence-electron chi connectivity index (χ3n) is 6.78. The number of fused-ring (bicyclic) bond motifs is 1. The molecule has 186 valence electrons. The lowest BCUT2D eigenvalue weighted by molar-refractivity contribution is 0.0257. The van der Waals surface area contributed by atoms with Crippen molar-refractivity contribution in [3.05, 3.63) is 54.0 Å². The summed E-state index contributed by atoms with van der Waals surface area (Å²) in [4.78, 5) is 22.8. The van der Waals surface area contributed by atoms with Gasteiger partial charge in [0.1, 0.15) is 22.3 Å². The number of rotatable bonds is 6. The van der Waals surface area contributed by atoms with Gasteiger partial charge in [-0.15, -0.1) is 11.3 Å². The largest absolute Gasteiger partial charge is 0.364 e. The summed E-state index contributed by atoms with van der Waals surface area (Å²) < 4.78 is 28.9. The Hall–Kier alpha value is -3.24. The van der Waals surface area contributed by atoms with Gasteiger partial charge in [-0.3, -0.25) is 9.88 Å². The van der Waals surface area contributed by atoms with E-state index in [0.29, 0.717) is 24.7 Å². The van der Waals surface area contributed by atoms with E-state index in [-0.39, 0.29) is 13.0 Å². The highest BCUT2D eigenvalue weighted by Gasteiger charge is 2.39. The van der Waals surface area contributed by atoms with Gasteiger partial charge in [0.25, 0.3) is 5.92 Å². The fraction of sp³-hybridized carbons (Fsp3) is 0.385. The molecule has 2 saturated heterocycles. The second-order valence-corrected chi connectivity index (χ2v) is 10.6. The van der Waals surface area contributed by atoms with E-state index in [2.05, 4.69) is 20.2 Å². The number of nitrogens with zero attached hydrogens (tertiary/aromatic N) is 6. The quantitative estimate of drug-likeness (QED) is 0.362. The first-order valence-corrected chi connectivity index (χ1v) is 13.1. The predicted octanol–water partition coefficient (Wildman–Crippen LogP) is 5.64. The maximum absolute atomic E-state index is 13.9. The zero-order chi connectivity index (χ0) is 24.7. The fourth-order valence-corrected chi connectivity index (χ4v) is 5.88. The van der Waals surface area contributed by atoms with Crippen molar-refractivity contribution >= 4 is 38.9 Å². The lowest BCUT2D eigenvalue weighted by atomic mass is 10.2. The van der Waals surface area contributed by atoms with Gasteiger partial charge in [-0.25, -0.2) is 23.7 Å². The van der Waals surface area contributed by atoms with Crippen LogP contribution >= 0.6 is 11.3 Å². The van der Waals surface area contributed by atoms with E-state index >= 15 is 0 Å². The van der Waals surface area contributed by atoms with Crippen molar-refractivity contribution in [1.82, 2.24) is 24.8 Å². The van der Waals surface area contributed by atoms with Crippen molar-refractivity contribution in [1.29, 1.82) is 0 Å². The average Bonchev–Trinajstić information content (AvgIpc) is 3.59. The van der Waals surface area contributed by atoms with Crippen molar-refractivity contribution in [3.63, 3.8) is 0 Å². The first-order valence-electron chi connectivity index (χ1n) is 12.2. The third-order valence-corrected chi connectivity index (χ3v) is 7.79. The van der Waals surface area contributed by atoms with Gasteiger partial charge < -0.3 is 10.2 Å². The summed E-state index contributed by atoms with van der Waals surface area (Å²) in [5, 5.41) is 4.16. The number of halogens is 2. The zero-order valence-electron chi connectivity index (χ0n) is 20.0. The summed E-state index contributed by atoms with van der Waals surface area (Å²) in [6, 6.07) is 9.60. The summed E-state index contributed by atoms with van der Waals surface area (Å²) in [5.74, 6) is -1.37. The summed E-state index contributed by atoms with van der Waals surface area (Å²) >= 11 is 1.56. The topological polar surface area (TPSA) is 70.1 Å². The minimum atomic E-state index is -2.65. The van der Waals surface area contributed by atoms with E-state index in [9.17, 15) is 8.78 Å². The van der Waals surface area contributed by atoms with Crippen LogP contribution in [0.15, 0.2) is 42.7 Å². The van der Waals surface area contributed by atoms with Gasteiger partial charge in [-0.1, -0.05) is 6.07 Å². The first kappa shape index (κ1) is 23.2. The molecule has 4 aromatic rings. The molecule has 4 aromatic heterocycles. The zero-order valence-corrected chi connectivity index (χ0v) is 20.9. The normalized spacial score (nSPS) is 17.8. The highest BCUT2D eigenvalue weighted by Crippen LogP contribution is 2.35. The molecule has 1 N–H and O–H groups in total. The molecule has 2 aliphatic heterocycles. The highest BCUT2D eigenvalue weighted by atomic mass is 32.1. The number of aryl methyl sites for hydroxylation is 1. The molecule has 36 heavy (non-hydrogen) atoms. The van der Waals surface area contributed by atoms with Crippen LogP contribution in [0.3, 0.4) is 0 Å². The summed E-state index contributed by atoms with van der Waals surface area (Å²) in [6.07, 6.45) is 5.79. The van der Waals surface area contributed by atoms with Crippen LogP contribution in [0.2, 0.25) is 0 Å². The molecule has 2 aliphatic rings. The second kappa shape index (κ2) is 9.33. The van der Waals surface area contributed by atoms with E-state index in [4.69, 9.17) is 9.97 Å². The predicted molar refractivity (Wildman–Crippen MR) is 139 cm³/mol. The maximum Gasteiger partial charge on any atom is 0.266 e. The molecule has 0 saturated carbocycles. The average molecular weight is 508 g/mol. The SMILES string of the molecule is Cc1cccnc1-c1nc2cc(Nc3ccc(N4CCC(F)(F)C4)c(CN4CCCC4)n3)ncc2s1. The van der Waals surface area contributed by atoms with Crippen molar-refractivity contribution in [2.45, 2.75) is 38.7 Å². The number of pyridine rings is 3. The van der Waals surface area contributed by atoms with Crippen molar-refractivity contribution in [2.75, 3.05) is 36.4 Å². The first-order chi connectivity index (χ1) is 17.4.